The Morgan fingerprint density at radius 2 is 2.00 bits per heavy atom. The SMILES string of the molecule is CC(C)Cn1c(SCc2cccc(F)c2)nc2cc(C(=O)NC3CCCC3)ccc2c1=O. The molecule has 0 bridgehead atoms. The molecule has 4 rings (SSSR count). The molecule has 1 saturated carbocycles. The molecule has 1 aliphatic rings. The van der Waals surface area contributed by atoms with Gasteiger partial charge in [0.05, 0.1) is 10.9 Å². The summed E-state index contributed by atoms with van der Waals surface area (Å²) in [4.78, 5) is 30.7. The summed E-state index contributed by atoms with van der Waals surface area (Å²) in [5.41, 5.74) is 1.73. The third-order valence-corrected chi connectivity index (χ3v) is 6.73. The second kappa shape index (κ2) is 9.86. The Balaban J connectivity index is 1.67. The van der Waals surface area contributed by atoms with E-state index in [1.165, 1.54) is 23.9 Å². The molecule has 3 aromatic rings. The number of benzene rings is 2. The van der Waals surface area contributed by atoms with E-state index in [9.17, 15) is 14.0 Å². The number of carbonyl (C=O) groups is 1. The lowest BCUT2D eigenvalue weighted by atomic mass is 10.1. The Kier molecular flexibility index (Phi) is 6.94. The van der Waals surface area contributed by atoms with Gasteiger partial charge in [-0.15, -0.1) is 0 Å². The molecule has 5 nitrogen and oxygen atoms in total. The van der Waals surface area contributed by atoms with Gasteiger partial charge in [-0.2, -0.15) is 0 Å². The highest BCUT2D eigenvalue weighted by atomic mass is 32.2. The maximum atomic E-state index is 13.6. The molecule has 1 heterocycles. The van der Waals surface area contributed by atoms with Gasteiger partial charge in [0, 0.05) is 23.9 Å². The molecule has 0 radical (unpaired) electrons. The van der Waals surface area contributed by atoms with Crippen molar-refractivity contribution in [1.82, 2.24) is 14.9 Å². The Bertz CT molecular complexity index is 1190. The van der Waals surface area contributed by atoms with Crippen LogP contribution in [0.15, 0.2) is 52.4 Å². The third-order valence-electron chi connectivity index (χ3n) is 5.68. The first kappa shape index (κ1) is 22.5. The fraction of sp³-hybridized carbons (Fsp3) is 0.400. The molecule has 0 aliphatic heterocycles. The van der Waals surface area contributed by atoms with Crippen LogP contribution in [0.5, 0.6) is 0 Å². The van der Waals surface area contributed by atoms with Crippen molar-refractivity contribution in [2.45, 2.75) is 63.0 Å². The van der Waals surface area contributed by atoms with Crippen LogP contribution in [0.4, 0.5) is 4.39 Å². The summed E-state index contributed by atoms with van der Waals surface area (Å²) in [5, 5.41) is 4.16. The highest BCUT2D eigenvalue weighted by Gasteiger charge is 2.19. The van der Waals surface area contributed by atoms with Crippen molar-refractivity contribution in [3.63, 3.8) is 0 Å². The normalized spacial score (nSPS) is 14.4. The van der Waals surface area contributed by atoms with E-state index < -0.39 is 0 Å². The zero-order chi connectivity index (χ0) is 22.7. The maximum absolute atomic E-state index is 13.6. The number of amides is 1. The lowest BCUT2D eigenvalue weighted by Crippen LogP contribution is -2.32. The van der Waals surface area contributed by atoms with Gasteiger partial charge in [-0.05, 0) is 54.7 Å². The number of halogens is 1. The Labute approximate surface area is 191 Å². The maximum Gasteiger partial charge on any atom is 0.262 e. The number of aromatic nitrogens is 2. The summed E-state index contributed by atoms with van der Waals surface area (Å²) in [7, 11) is 0. The van der Waals surface area contributed by atoms with Crippen LogP contribution >= 0.6 is 11.8 Å². The zero-order valence-corrected chi connectivity index (χ0v) is 19.3. The molecule has 7 heteroatoms. The Morgan fingerprint density at radius 1 is 1.22 bits per heavy atom. The first-order valence-electron chi connectivity index (χ1n) is 11.1. The van der Waals surface area contributed by atoms with Crippen molar-refractivity contribution in [3.8, 4) is 0 Å². The molecule has 2 aromatic carbocycles. The summed E-state index contributed by atoms with van der Waals surface area (Å²) < 4.78 is 15.3. The average molecular weight is 454 g/mol. The van der Waals surface area contributed by atoms with Crippen LogP contribution in [0.25, 0.3) is 10.9 Å². The van der Waals surface area contributed by atoms with Gasteiger partial charge in [0.15, 0.2) is 5.16 Å². The molecule has 168 valence electrons. The molecule has 0 saturated heterocycles. The second-order valence-electron chi connectivity index (χ2n) is 8.81. The fourth-order valence-corrected chi connectivity index (χ4v) is 5.04. The van der Waals surface area contributed by atoms with Crippen molar-refractivity contribution >= 4 is 28.6 Å². The van der Waals surface area contributed by atoms with Gasteiger partial charge in [0.2, 0.25) is 0 Å². The number of fused-ring (bicyclic) bond motifs is 1. The highest BCUT2D eigenvalue weighted by molar-refractivity contribution is 7.98. The van der Waals surface area contributed by atoms with E-state index in [-0.39, 0.29) is 29.2 Å². The minimum atomic E-state index is -0.285. The summed E-state index contributed by atoms with van der Waals surface area (Å²) >= 11 is 1.40. The van der Waals surface area contributed by atoms with Gasteiger partial charge in [0.1, 0.15) is 5.82 Å². The molecule has 1 fully saturated rings. The van der Waals surface area contributed by atoms with Crippen molar-refractivity contribution in [2.75, 3.05) is 0 Å². The van der Waals surface area contributed by atoms with Crippen LogP contribution in [0.2, 0.25) is 0 Å². The van der Waals surface area contributed by atoms with Gasteiger partial charge in [0.25, 0.3) is 11.5 Å². The molecule has 0 atom stereocenters. The van der Waals surface area contributed by atoms with Crippen molar-refractivity contribution < 1.29 is 9.18 Å². The minimum Gasteiger partial charge on any atom is -0.349 e. The Hall–Kier alpha value is -2.67. The van der Waals surface area contributed by atoms with Crippen molar-refractivity contribution in [1.29, 1.82) is 0 Å². The number of hydrogen-bond acceptors (Lipinski definition) is 4. The summed E-state index contributed by atoms with van der Waals surface area (Å²) in [6.07, 6.45) is 4.31. The summed E-state index contributed by atoms with van der Waals surface area (Å²) in [5.74, 6) is 0.347. The van der Waals surface area contributed by atoms with E-state index >= 15 is 0 Å². The number of nitrogens with one attached hydrogen (secondary N) is 1. The lowest BCUT2D eigenvalue weighted by molar-refractivity contribution is 0.0938. The third kappa shape index (κ3) is 5.21. The molecule has 32 heavy (non-hydrogen) atoms. The number of thioether (sulfide) groups is 1. The largest absolute Gasteiger partial charge is 0.349 e. The average Bonchev–Trinajstić information content (AvgIpc) is 3.27. The smallest absolute Gasteiger partial charge is 0.262 e. The first-order chi connectivity index (χ1) is 15.4. The molecule has 0 unspecified atom stereocenters. The van der Waals surface area contributed by atoms with E-state index in [0.29, 0.717) is 33.9 Å². The standard InChI is InChI=1S/C25H28FN3O2S/c1-16(2)14-29-24(31)21-11-10-18(23(30)27-20-8-3-4-9-20)13-22(21)28-25(29)32-15-17-6-5-7-19(26)12-17/h5-7,10-13,16,20H,3-4,8-9,14-15H2,1-2H3,(H,27,30). The van der Waals surface area contributed by atoms with Gasteiger partial charge in [-0.1, -0.05) is 50.6 Å². The van der Waals surface area contributed by atoms with Gasteiger partial charge in [-0.25, -0.2) is 9.37 Å². The quantitative estimate of drug-likeness (QED) is 0.397. The summed E-state index contributed by atoms with van der Waals surface area (Å²) in [6, 6.07) is 11.8. The monoisotopic (exact) mass is 453 g/mol. The van der Waals surface area contributed by atoms with Crippen LogP contribution in [-0.2, 0) is 12.3 Å². The van der Waals surface area contributed by atoms with Gasteiger partial charge in [-0.3, -0.25) is 14.2 Å². The molecule has 1 amide bonds. The van der Waals surface area contributed by atoms with Crippen LogP contribution < -0.4 is 10.9 Å². The lowest BCUT2D eigenvalue weighted by Gasteiger charge is -2.16. The molecule has 1 N–H and O–H groups in total. The Morgan fingerprint density at radius 3 is 2.72 bits per heavy atom. The van der Waals surface area contributed by atoms with E-state index in [1.54, 1.807) is 28.8 Å². The van der Waals surface area contributed by atoms with E-state index in [2.05, 4.69) is 5.32 Å². The van der Waals surface area contributed by atoms with E-state index in [1.807, 2.05) is 19.9 Å². The predicted molar refractivity (Wildman–Crippen MR) is 127 cm³/mol. The molecular formula is C25H28FN3O2S. The number of hydrogen-bond donors (Lipinski definition) is 1. The van der Waals surface area contributed by atoms with E-state index in [0.717, 1.165) is 31.2 Å². The van der Waals surface area contributed by atoms with Crippen molar-refractivity contribution in [3.05, 3.63) is 69.8 Å². The first-order valence-corrected chi connectivity index (χ1v) is 12.1. The molecule has 0 spiro atoms. The predicted octanol–water partition coefficient (Wildman–Crippen LogP) is 5.16. The van der Waals surface area contributed by atoms with Crippen LogP contribution in [0, 0.1) is 11.7 Å². The van der Waals surface area contributed by atoms with E-state index in [4.69, 9.17) is 4.98 Å². The summed E-state index contributed by atoms with van der Waals surface area (Å²) in [6.45, 7) is 4.64. The number of rotatable bonds is 7. The van der Waals surface area contributed by atoms with Gasteiger partial charge >= 0.3 is 0 Å². The topological polar surface area (TPSA) is 64.0 Å². The van der Waals surface area contributed by atoms with Crippen molar-refractivity contribution in [2.24, 2.45) is 5.92 Å². The number of carbonyl (C=O) groups excluding carboxylic acids is 1. The minimum absolute atomic E-state index is 0.117. The zero-order valence-electron chi connectivity index (χ0n) is 18.4. The molecular weight excluding hydrogens is 425 g/mol. The molecule has 1 aromatic heterocycles. The van der Waals surface area contributed by atoms with Crippen LogP contribution in [0.1, 0.15) is 55.5 Å². The fourth-order valence-electron chi connectivity index (χ4n) is 4.09. The highest BCUT2D eigenvalue weighted by Crippen LogP contribution is 2.24. The number of nitrogens with zero attached hydrogens (tertiary/aromatic N) is 2. The second-order valence-corrected chi connectivity index (χ2v) is 9.75. The van der Waals surface area contributed by atoms with Crippen LogP contribution in [0.3, 0.4) is 0 Å². The van der Waals surface area contributed by atoms with Gasteiger partial charge < -0.3 is 5.32 Å². The van der Waals surface area contributed by atoms with Crippen LogP contribution in [-0.4, -0.2) is 21.5 Å². The molecule has 1 aliphatic carbocycles.